The van der Waals surface area contributed by atoms with Crippen molar-refractivity contribution in [3.05, 3.63) is 41.9 Å². The van der Waals surface area contributed by atoms with Gasteiger partial charge >= 0.3 is 0 Å². The third-order valence-electron chi connectivity index (χ3n) is 3.80. The number of Topliss-reactive ketones (excluding diaryl/α,β-unsaturated/α-hetero) is 1. The maximum absolute atomic E-state index is 12.8. The number of hydrogen-bond donors (Lipinski definition) is 1. The highest BCUT2D eigenvalue weighted by Crippen LogP contribution is 2.37. The second-order valence-electron chi connectivity index (χ2n) is 7.34. The van der Waals surface area contributed by atoms with Crippen molar-refractivity contribution in [3.8, 4) is 0 Å². The fraction of sp³-hybridized carbons (Fsp3) is 0.444. The van der Waals surface area contributed by atoms with Crippen LogP contribution in [0.4, 0.5) is 5.82 Å². The van der Waals surface area contributed by atoms with Crippen LogP contribution >= 0.6 is 0 Å². The summed E-state index contributed by atoms with van der Waals surface area (Å²) in [5.74, 6) is 0.452. The van der Waals surface area contributed by atoms with Gasteiger partial charge in [-0.2, -0.15) is 0 Å². The molecular formula is C18H23N3O2. The van der Waals surface area contributed by atoms with Gasteiger partial charge in [-0.3, -0.25) is 9.78 Å². The number of aliphatic hydroxyl groups is 1. The largest absolute Gasteiger partial charge is 0.395 e. The van der Waals surface area contributed by atoms with Crippen molar-refractivity contribution in [1.82, 2.24) is 9.97 Å². The van der Waals surface area contributed by atoms with Crippen LogP contribution in [0.3, 0.4) is 0 Å². The Morgan fingerprint density at radius 3 is 2.26 bits per heavy atom. The molecule has 122 valence electrons. The summed E-state index contributed by atoms with van der Waals surface area (Å²) in [5.41, 5.74) is 0.941. The number of rotatable bonds is 3. The van der Waals surface area contributed by atoms with E-state index in [4.69, 9.17) is 0 Å². The highest BCUT2D eigenvalue weighted by molar-refractivity contribution is 6.23. The quantitative estimate of drug-likeness (QED) is 0.870. The molecule has 0 aliphatic heterocycles. The molecule has 0 bridgehead atoms. The van der Waals surface area contributed by atoms with Gasteiger partial charge in [0.25, 0.3) is 0 Å². The summed E-state index contributed by atoms with van der Waals surface area (Å²) in [5, 5.41) is 9.65. The zero-order chi connectivity index (χ0) is 17.3. The second kappa shape index (κ2) is 6.16. The minimum absolute atomic E-state index is 0.0327. The number of carbonyl (C=O) groups is 1. The van der Waals surface area contributed by atoms with Gasteiger partial charge in [0.05, 0.1) is 18.5 Å². The van der Waals surface area contributed by atoms with Crippen molar-refractivity contribution in [2.24, 2.45) is 15.8 Å². The third kappa shape index (κ3) is 3.79. The van der Waals surface area contributed by atoms with Crippen molar-refractivity contribution < 1.29 is 9.90 Å². The van der Waals surface area contributed by atoms with Crippen LogP contribution in [0.25, 0.3) is 0 Å². The summed E-state index contributed by atoms with van der Waals surface area (Å²) in [7, 11) is 0. The minimum Gasteiger partial charge on any atom is -0.395 e. The molecule has 1 aliphatic carbocycles. The molecule has 0 atom stereocenters. The molecule has 0 fully saturated rings. The van der Waals surface area contributed by atoms with Crippen LogP contribution in [0.5, 0.6) is 0 Å². The van der Waals surface area contributed by atoms with Crippen LogP contribution in [-0.4, -0.2) is 33.2 Å². The Kier molecular flexibility index (Phi) is 4.61. The smallest absolute Gasteiger partial charge is 0.186 e. The molecule has 1 aromatic heterocycles. The number of aromatic nitrogens is 2. The molecule has 0 saturated heterocycles. The predicted octanol–water partition coefficient (Wildman–Crippen LogP) is 3.05. The first-order chi connectivity index (χ1) is 10.6. The Labute approximate surface area is 136 Å². The van der Waals surface area contributed by atoms with E-state index in [0.29, 0.717) is 22.7 Å². The summed E-state index contributed by atoms with van der Waals surface area (Å²) in [6, 6.07) is 0. The van der Waals surface area contributed by atoms with Gasteiger partial charge in [-0.1, -0.05) is 34.6 Å². The maximum atomic E-state index is 12.8. The summed E-state index contributed by atoms with van der Waals surface area (Å²) in [4.78, 5) is 25.5. The van der Waals surface area contributed by atoms with Crippen LogP contribution in [0.1, 0.15) is 34.6 Å². The molecule has 1 aliphatic rings. The first-order valence-electron chi connectivity index (χ1n) is 7.60. The van der Waals surface area contributed by atoms with E-state index in [0.717, 1.165) is 0 Å². The van der Waals surface area contributed by atoms with Gasteiger partial charge in [-0.05, 0) is 17.6 Å². The SMILES string of the molecule is CC(C)(C)C1=C/C(=N\c2cnccn2)C=C(C(C)(C)CO)C1=O. The lowest BCUT2D eigenvalue weighted by Crippen LogP contribution is -2.32. The molecule has 0 radical (unpaired) electrons. The average molecular weight is 313 g/mol. The third-order valence-corrected chi connectivity index (χ3v) is 3.80. The van der Waals surface area contributed by atoms with E-state index in [-0.39, 0.29) is 17.8 Å². The van der Waals surface area contributed by atoms with E-state index >= 15 is 0 Å². The average Bonchev–Trinajstić information content (AvgIpc) is 2.48. The van der Waals surface area contributed by atoms with Crippen LogP contribution in [0.15, 0.2) is 46.9 Å². The lowest BCUT2D eigenvalue weighted by Gasteiger charge is -2.32. The molecule has 0 amide bonds. The topological polar surface area (TPSA) is 75.4 Å². The van der Waals surface area contributed by atoms with E-state index in [1.807, 2.05) is 34.6 Å². The van der Waals surface area contributed by atoms with Crippen LogP contribution < -0.4 is 0 Å². The number of nitrogens with zero attached hydrogens (tertiary/aromatic N) is 3. The molecule has 1 N–H and O–H groups in total. The number of allylic oxidation sites excluding steroid dienone is 3. The van der Waals surface area contributed by atoms with E-state index in [1.165, 1.54) is 0 Å². The van der Waals surface area contributed by atoms with Gasteiger partial charge in [-0.15, -0.1) is 0 Å². The predicted molar refractivity (Wildman–Crippen MR) is 90.6 cm³/mol. The van der Waals surface area contributed by atoms with E-state index in [1.54, 1.807) is 30.7 Å². The van der Waals surface area contributed by atoms with Crippen molar-refractivity contribution in [3.63, 3.8) is 0 Å². The summed E-state index contributed by atoms with van der Waals surface area (Å²) < 4.78 is 0. The molecule has 5 heteroatoms. The zero-order valence-electron chi connectivity index (χ0n) is 14.3. The molecule has 0 spiro atoms. The van der Waals surface area contributed by atoms with Gasteiger partial charge in [0.2, 0.25) is 0 Å². The normalized spacial score (nSPS) is 18.0. The molecule has 0 aromatic carbocycles. The van der Waals surface area contributed by atoms with Gasteiger partial charge in [0, 0.05) is 29.0 Å². The van der Waals surface area contributed by atoms with Crippen LogP contribution in [-0.2, 0) is 4.79 Å². The summed E-state index contributed by atoms with van der Waals surface area (Å²) in [6.07, 6.45) is 8.26. The molecular weight excluding hydrogens is 290 g/mol. The Balaban J connectivity index is 2.58. The van der Waals surface area contributed by atoms with Gasteiger partial charge < -0.3 is 5.11 Å². The highest BCUT2D eigenvalue weighted by Gasteiger charge is 2.36. The van der Waals surface area contributed by atoms with Crippen molar-refractivity contribution in [2.75, 3.05) is 6.61 Å². The maximum Gasteiger partial charge on any atom is 0.186 e. The zero-order valence-corrected chi connectivity index (χ0v) is 14.3. The number of carbonyl (C=O) groups excluding carboxylic acids is 1. The van der Waals surface area contributed by atoms with Crippen molar-refractivity contribution >= 4 is 17.3 Å². The number of hydrogen-bond acceptors (Lipinski definition) is 5. The van der Waals surface area contributed by atoms with Gasteiger partial charge in [0.15, 0.2) is 11.6 Å². The van der Waals surface area contributed by atoms with E-state index in [2.05, 4.69) is 15.0 Å². The van der Waals surface area contributed by atoms with Crippen LogP contribution in [0.2, 0.25) is 0 Å². The molecule has 0 saturated carbocycles. The summed E-state index contributed by atoms with van der Waals surface area (Å²) in [6.45, 7) is 9.56. The Morgan fingerprint density at radius 1 is 1.09 bits per heavy atom. The highest BCUT2D eigenvalue weighted by atomic mass is 16.3. The van der Waals surface area contributed by atoms with Gasteiger partial charge in [-0.25, -0.2) is 9.98 Å². The number of ketones is 1. The molecule has 5 nitrogen and oxygen atoms in total. The Bertz CT molecular complexity index is 693. The Morgan fingerprint density at radius 2 is 1.74 bits per heavy atom. The molecule has 0 unspecified atom stereocenters. The van der Waals surface area contributed by atoms with E-state index in [9.17, 15) is 9.90 Å². The summed E-state index contributed by atoms with van der Waals surface area (Å²) >= 11 is 0. The molecule has 23 heavy (non-hydrogen) atoms. The first kappa shape index (κ1) is 17.2. The van der Waals surface area contributed by atoms with Crippen molar-refractivity contribution in [2.45, 2.75) is 34.6 Å². The number of aliphatic hydroxyl groups excluding tert-OH is 1. The standard InChI is InChI=1S/C18H23N3O2/c1-17(2,3)13-8-12(21-15-10-19-6-7-20-15)9-14(16(13)23)18(4,5)11-22/h6-10,22H,11H2,1-5H3/b21-12+. The second-order valence-corrected chi connectivity index (χ2v) is 7.34. The van der Waals surface area contributed by atoms with Gasteiger partial charge in [0.1, 0.15) is 0 Å². The van der Waals surface area contributed by atoms with E-state index < -0.39 is 5.41 Å². The van der Waals surface area contributed by atoms with Crippen molar-refractivity contribution in [1.29, 1.82) is 0 Å². The minimum atomic E-state index is -0.634. The van der Waals surface area contributed by atoms with Crippen LogP contribution in [0, 0.1) is 10.8 Å². The lowest BCUT2D eigenvalue weighted by atomic mass is 9.72. The lowest BCUT2D eigenvalue weighted by molar-refractivity contribution is -0.114. The monoisotopic (exact) mass is 313 g/mol. The number of aliphatic imine (C=N–C) groups is 1. The molecule has 2 rings (SSSR count). The fourth-order valence-corrected chi connectivity index (χ4v) is 2.30. The fourth-order valence-electron chi connectivity index (χ4n) is 2.30. The molecule has 1 heterocycles. The molecule has 1 aromatic rings. The Hall–Kier alpha value is -2.14. The first-order valence-corrected chi connectivity index (χ1v) is 7.60.